The van der Waals surface area contributed by atoms with Crippen molar-refractivity contribution in [2.75, 3.05) is 26.7 Å². The maximum Gasteiger partial charge on any atom is 0.342 e. The molecule has 1 aromatic rings. The molecule has 0 aliphatic carbocycles. The third-order valence-corrected chi connectivity index (χ3v) is 7.26. The molecule has 0 aromatic heterocycles. The number of carbonyl (C=O) groups excluding carboxylic acids is 2. The molecular weight excluding hydrogens is 531 g/mol. The summed E-state index contributed by atoms with van der Waals surface area (Å²) in [6.07, 6.45) is 5.00. The van der Waals surface area contributed by atoms with E-state index in [4.69, 9.17) is 23.5 Å². The summed E-state index contributed by atoms with van der Waals surface area (Å²) >= 11 is 0. The Morgan fingerprint density at radius 2 is 1.97 bits per heavy atom. The summed E-state index contributed by atoms with van der Waals surface area (Å²) in [7, 11) is -0.984. The quantitative estimate of drug-likeness (QED) is 0.127. The number of hydrogen-bond donors (Lipinski definition) is 2. The number of methoxy groups -OCH3 is 1. The Morgan fingerprint density at radius 1 is 1.26 bits per heavy atom. The third-order valence-electron chi connectivity index (χ3n) is 6.25. The van der Waals surface area contributed by atoms with Gasteiger partial charge in [-0.15, -0.1) is 0 Å². The third kappa shape index (κ3) is 8.95. The fourth-order valence-electron chi connectivity index (χ4n) is 4.08. The monoisotopic (exact) mass is 568 g/mol. The molecular formula is C27H37O11P. The molecule has 11 nitrogen and oxygen atoms in total. The Balaban J connectivity index is 1.92. The second-order valence-electron chi connectivity index (χ2n) is 9.02. The van der Waals surface area contributed by atoms with Gasteiger partial charge < -0.3 is 33.7 Å². The first-order valence-electron chi connectivity index (χ1n) is 12.6. The van der Waals surface area contributed by atoms with E-state index in [-0.39, 0.29) is 56.7 Å². The molecule has 2 rings (SSSR count). The van der Waals surface area contributed by atoms with Gasteiger partial charge in [-0.05, 0) is 52.5 Å². The van der Waals surface area contributed by atoms with Crippen molar-refractivity contribution < 1.29 is 52.6 Å². The van der Waals surface area contributed by atoms with Gasteiger partial charge in [-0.25, -0.2) is 9.59 Å². The van der Waals surface area contributed by atoms with Crippen LogP contribution in [0.4, 0.5) is 0 Å². The smallest absolute Gasteiger partial charge is 0.342 e. The van der Waals surface area contributed by atoms with Crippen LogP contribution in [0.1, 0.15) is 60.7 Å². The Labute approximate surface area is 228 Å². The van der Waals surface area contributed by atoms with Crippen molar-refractivity contribution in [3.63, 3.8) is 0 Å². The molecule has 216 valence electrons. The summed E-state index contributed by atoms with van der Waals surface area (Å²) in [6.45, 7) is 6.76. The Hall–Kier alpha value is -3.14. The zero-order chi connectivity index (χ0) is 29.1. The maximum absolute atomic E-state index is 12.1. The van der Waals surface area contributed by atoms with Crippen molar-refractivity contribution in [2.24, 2.45) is 5.92 Å². The van der Waals surface area contributed by atoms with Crippen molar-refractivity contribution >= 4 is 25.9 Å². The number of carboxylic acids is 1. The minimum atomic E-state index is -2.47. The summed E-state index contributed by atoms with van der Waals surface area (Å²) in [5, 5.41) is 20.4. The van der Waals surface area contributed by atoms with Gasteiger partial charge in [-0.1, -0.05) is 23.8 Å². The van der Waals surface area contributed by atoms with Crippen LogP contribution in [0, 0.1) is 12.8 Å². The summed E-state index contributed by atoms with van der Waals surface area (Å²) in [6, 6.07) is 0. The van der Waals surface area contributed by atoms with Gasteiger partial charge >= 0.3 is 17.9 Å². The van der Waals surface area contributed by atoms with Gasteiger partial charge in [0, 0.05) is 17.3 Å². The minimum Gasteiger partial charge on any atom is -0.507 e. The number of ether oxygens (including phenoxy) is 4. The fraction of sp³-hybridized carbons (Fsp3) is 0.519. The molecule has 3 unspecified atom stereocenters. The molecule has 1 heterocycles. The highest BCUT2D eigenvalue weighted by Gasteiger charge is 2.32. The number of aromatic hydroxyl groups is 1. The Bertz CT molecular complexity index is 1140. The average molecular weight is 569 g/mol. The highest BCUT2D eigenvalue weighted by Crippen LogP contribution is 2.42. The summed E-state index contributed by atoms with van der Waals surface area (Å²) in [5.74, 6) is -2.54. The number of fused-ring (bicyclic) bond motifs is 1. The number of phenols is 1. The standard InChI is InChI=1S/C27H37O11P/c1-6-35-26(31)18(4)37-15-38-39(33)12-8-7-9-19(25(29)30)13-16(2)10-11-20-23(28)22-21(14-36-27(22)32)17(3)24(20)34-5/h7-8,10,18-19,28,39H,6,9,11-15H2,1-5H3,(H,29,30). The minimum absolute atomic E-state index is 0.0797. The molecule has 1 aromatic carbocycles. The number of cyclic esters (lactones) is 1. The lowest BCUT2D eigenvalue weighted by Crippen LogP contribution is -2.23. The second-order valence-corrected chi connectivity index (χ2v) is 10.5. The second kappa shape index (κ2) is 15.5. The zero-order valence-electron chi connectivity index (χ0n) is 22.9. The van der Waals surface area contributed by atoms with E-state index in [2.05, 4.69) is 0 Å². The van der Waals surface area contributed by atoms with Crippen LogP contribution >= 0.6 is 8.03 Å². The van der Waals surface area contributed by atoms with Crippen LogP contribution in [-0.2, 0) is 45.9 Å². The largest absolute Gasteiger partial charge is 0.507 e. The van der Waals surface area contributed by atoms with Crippen LogP contribution in [0.15, 0.2) is 23.8 Å². The van der Waals surface area contributed by atoms with Crippen LogP contribution in [0.5, 0.6) is 11.5 Å². The first-order valence-corrected chi connectivity index (χ1v) is 14.1. The Kier molecular flexibility index (Phi) is 12.7. The van der Waals surface area contributed by atoms with Gasteiger partial charge in [0.05, 0.1) is 19.6 Å². The molecule has 0 spiro atoms. The highest BCUT2D eigenvalue weighted by molar-refractivity contribution is 7.39. The molecule has 39 heavy (non-hydrogen) atoms. The van der Waals surface area contributed by atoms with Crippen LogP contribution in [0.25, 0.3) is 0 Å². The lowest BCUT2D eigenvalue weighted by molar-refractivity contribution is -0.159. The van der Waals surface area contributed by atoms with Crippen LogP contribution < -0.4 is 4.74 Å². The highest BCUT2D eigenvalue weighted by atomic mass is 31.1. The normalized spacial score (nSPS) is 15.5. The number of aliphatic carboxylic acids is 1. The number of allylic oxidation sites excluding steroid dienone is 4. The van der Waals surface area contributed by atoms with E-state index in [0.717, 1.165) is 5.57 Å². The Morgan fingerprint density at radius 3 is 2.62 bits per heavy atom. The predicted molar refractivity (Wildman–Crippen MR) is 142 cm³/mol. The molecule has 12 heteroatoms. The maximum atomic E-state index is 12.1. The van der Waals surface area contributed by atoms with Crippen molar-refractivity contribution in [2.45, 2.75) is 59.7 Å². The van der Waals surface area contributed by atoms with E-state index in [9.17, 15) is 29.2 Å². The van der Waals surface area contributed by atoms with Crippen molar-refractivity contribution in [3.05, 3.63) is 46.1 Å². The SMILES string of the molecule is CCOC(=O)C(C)OCO[PH](=O)CC=CCC(CC(C)=CCc1c(O)c2c(c(C)c1OC)COC2=O)C(=O)O. The molecule has 0 fully saturated rings. The lowest BCUT2D eigenvalue weighted by Gasteiger charge is -2.16. The lowest BCUT2D eigenvalue weighted by atomic mass is 9.93. The van der Waals surface area contributed by atoms with E-state index in [1.807, 2.05) is 0 Å². The van der Waals surface area contributed by atoms with Gasteiger partial charge in [-0.3, -0.25) is 9.36 Å². The molecule has 1 aliphatic heterocycles. The molecule has 0 saturated carbocycles. The number of hydrogen-bond acceptors (Lipinski definition) is 10. The van der Waals surface area contributed by atoms with E-state index < -0.39 is 38.0 Å². The predicted octanol–water partition coefficient (Wildman–Crippen LogP) is 4.32. The molecule has 0 saturated heterocycles. The molecule has 0 radical (unpaired) electrons. The van der Waals surface area contributed by atoms with Crippen LogP contribution in [0.2, 0.25) is 0 Å². The summed E-state index contributed by atoms with van der Waals surface area (Å²) < 4.78 is 37.6. The molecule has 1 aliphatic rings. The van der Waals surface area contributed by atoms with E-state index in [1.165, 1.54) is 14.0 Å². The number of carbonyl (C=O) groups is 3. The van der Waals surface area contributed by atoms with Crippen molar-refractivity contribution in [1.29, 1.82) is 0 Å². The topological polar surface area (TPSA) is 155 Å². The van der Waals surface area contributed by atoms with Crippen molar-refractivity contribution in [3.8, 4) is 11.5 Å². The number of phenolic OH excluding ortho intramolecular Hbond substituents is 1. The van der Waals surface area contributed by atoms with Crippen molar-refractivity contribution in [1.82, 2.24) is 0 Å². The van der Waals surface area contributed by atoms with Gasteiger partial charge in [-0.2, -0.15) is 0 Å². The average Bonchev–Trinajstić information content (AvgIpc) is 3.28. The number of benzene rings is 1. The van der Waals surface area contributed by atoms with Gasteiger partial charge in [0.25, 0.3) is 0 Å². The molecule has 0 bridgehead atoms. The number of esters is 2. The number of carboxylic acid groups (broad SMARTS) is 1. The summed E-state index contributed by atoms with van der Waals surface area (Å²) in [5.41, 5.74) is 2.68. The van der Waals surface area contributed by atoms with E-state index >= 15 is 0 Å². The number of rotatable bonds is 16. The molecule has 0 amide bonds. The van der Waals surface area contributed by atoms with E-state index in [0.29, 0.717) is 22.4 Å². The first kappa shape index (κ1) is 32.1. The van der Waals surface area contributed by atoms with Crippen LogP contribution in [0.3, 0.4) is 0 Å². The first-order chi connectivity index (χ1) is 18.5. The van der Waals surface area contributed by atoms with Gasteiger partial charge in [0.15, 0.2) is 20.9 Å². The molecule has 3 atom stereocenters. The van der Waals surface area contributed by atoms with Crippen LogP contribution in [-0.4, -0.2) is 60.9 Å². The summed E-state index contributed by atoms with van der Waals surface area (Å²) in [4.78, 5) is 35.4. The fourth-order valence-corrected chi connectivity index (χ4v) is 4.75. The zero-order valence-corrected chi connectivity index (χ0v) is 23.9. The van der Waals surface area contributed by atoms with E-state index in [1.54, 1.807) is 39.0 Å². The van der Waals surface area contributed by atoms with Gasteiger partial charge in [0.1, 0.15) is 23.7 Å². The molecule has 2 N–H and O–H groups in total. The van der Waals surface area contributed by atoms with Gasteiger partial charge in [0.2, 0.25) is 0 Å².